The summed E-state index contributed by atoms with van der Waals surface area (Å²) in [6, 6.07) is 0. The summed E-state index contributed by atoms with van der Waals surface area (Å²) in [5, 5.41) is 0. The molecule has 0 spiro atoms. The average molecular weight is 759 g/mol. The van der Waals surface area contributed by atoms with E-state index in [4.69, 9.17) is 26.8 Å². The molecule has 11 atom stereocenters. The van der Waals surface area contributed by atoms with Crippen molar-refractivity contribution in [1.29, 1.82) is 0 Å². The maximum atomic E-state index is 11.7. The van der Waals surface area contributed by atoms with Crippen LogP contribution in [0.3, 0.4) is 0 Å². The SMILES string of the molecule is CCCC[C@H](C)[C@H]1CC[C@H]2[C@@H]3[C@H](OCCOS(C)(=O)=O)C[C@@H]4C[C@@H](OCCOS(C)(=O)=O)CC[C@]4(C)[C@H]3C[C@H](OCCOS(C)(=O)=O)[C@]12C. The molecule has 4 saturated carbocycles. The van der Waals surface area contributed by atoms with E-state index in [1.807, 2.05) is 0 Å². The smallest absolute Gasteiger partial charge is 0.264 e. The minimum absolute atomic E-state index is 0.0188. The Bertz CT molecular complexity index is 1400. The molecule has 288 valence electrons. The molecule has 15 heteroatoms. The van der Waals surface area contributed by atoms with Gasteiger partial charge < -0.3 is 14.2 Å². The molecule has 4 rings (SSSR count). The van der Waals surface area contributed by atoms with E-state index in [2.05, 4.69) is 27.7 Å². The average Bonchev–Trinajstić information content (AvgIpc) is 3.35. The van der Waals surface area contributed by atoms with Crippen molar-refractivity contribution in [2.45, 2.75) is 110 Å². The molecule has 4 aliphatic rings. The Balaban J connectivity index is 1.62. The highest BCUT2D eigenvalue weighted by atomic mass is 32.2. The van der Waals surface area contributed by atoms with Gasteiger partial charge in [0.15, 0.2) is 0 Å². The van der Waals surface area contributed by atoms with Crippen molar-refractivity contribution in [2.75, 3.05) is 58.4 Å². The second-order valence-electron chi connectivity index (χ2n) is 15.7. The summed E-state index contributed by atoms with van der Waals surface area (Å²) < 4.78 is 104. The maximum absolute atomic E-state index is 11.7. The topological polar surface area (TPSA) is 158 Å². The van der Waals surface area contributed by atoms with Crippen molar-refractivity contribution >= 4 is 30.4 Å². The van der Waals surface area contributed by atoms with Gasteiger partial charge in [0.25, 0.3) is 30.4 Å². The van der Waals surface area contributed by atoms with Crippen LogP contribution < -0.4 is 0 Å². The molecule has 4 aliphatic carbocycles. The summed E-state index contributed by atoms with van der Waals surface area (Å²) in [5.41, 5.74) is -0.164. The van der Waals surface area contributed by atoms with Gasteiger partial charge >= 0.3 is 0 Å². The highest BCUT2D eigenvalue weighted by molar-refractivity contribution is 7.86. The fraction of sp³-hybridized carbons (Fsp3) is 1.00. The van der Waals surface area contributed by atoms with E-state index in [-0.39, 0.29) is 86.5 Å². The zero-order valence-corrected chi connectivity index (χ0v) is 33.1. The van der Waals surface area contributed by atoms with Gasteiger partial charge in [-0.25, -0.2) is 0 Å². The lowest BCUT2D eigenvalue weighted by Gasteiger charge is -2.64. The van der Waals surface area contributed by atoms with E-state index in [9.17, 15) is 25.3 Å². The Kier molecular flexibility index (Phi) is 14.1. The van der Waals surface area contributed by atoms with Crippen LogP contribution in [0.5, 0.6) is 0 Å². The van der Waals surface area contributed by atoms with Crippen molar-refractivity contribution in [2.24, 2.45) is 46.3 Å². The van der Waals surface area contributed by atoms with Crippen LogP contribution in [0.4, 0.5) is 0 Å². The summed E-state index contributed by atoms with van der Waals surface area (Å²) in [4.78, 5) is 0. The first-order valence-corrected chi connectivity index (χ1v) is 23.6. The van der Waals surface area contributed by atoms with Gasteiger partial charge in [-0.15, -0.1) is 0 Å². The summed E-state index contributed by atoms with van der Waals surface area (Å²) in [5.74, 6) is 2.07. The largest absolute Gasteiger partial charge is 0.376 e. The highest BCUT2D eigenvalue weighted by Gasteiger charge is 2.66. The number of ether oxygens (including phenoxy) is 3. The van der Waals surface area contributed by atoms with E-state index in [1.54, 1.807) is 0 Å². The number of hydrogen-bond acceptors (Lipinski definition) is 12. The third-order valence-electron chi connectivity index (χ3n) is 12.6. The molecule has 0 saturated heterocycles. The van der Waals surface area contributed by atoms with Crippen molar-refractivity contribution in [1.82, 2.24) is 0 Å². The van der Waals surface area contributed by atoms with E-state index < -0.39 is 30.4 Å². The van der Waals surface area contributed by atoms with E-state index in [0.29, 0.717) is 17.8 Å². The minimum atomic E-state index is -3.59. The summed E-state index contributed by atoms with van der Waals surface area (Å²) in [6.45, 7) is 9.90. The van der Waals surface area contributed by atoms with Crippen molar-refractivity contribution in [3.8, 4) is 0 Å². The monoisotopic (exact) mass is 758 g/mol. The molecule has 0 aromatic rings. The zero-order chi connectivity index (χ0) is 36.3. The van der Waals surface area contributed by atoms with E-state index in [0.717, 1.165) is 76.6 Å². The van der Waals surface area contributed by atoms with Gasteiger partial charge in [-0.3, -0.25) is 12.5 Å². The maximum Gasteiger partial charge on any atom is 0.264 e. The van der Waals surface area contributed by atoms with E-state index in [1.165, 1.54) is 6.42 Å². The predicted molar refractivity (Wildman–Crippen MR) is 186 cm³/mol. The van der Waals surface area contributed by atoms with Crippen LogP contribution in [-0.2, 0) is 57.1 Å². The third-order valence-corrected chi connectivity index (χ3v) is 14.4. The van der Waals surface area contributed by atoms with Crippen molar-refractivity contribution in [3.05, 3.63) is 0 Å². The Morgan fingerprint density at radius 1 is 0.694 bits per heavy atom. The fourth-order valence-electron chi connectivity index (χ4n) is 10.5. The zero-order valence-electron chi connectivity index (χ0n) is 30.6. The molecule has 0 aromatic carbocycles. The van der Waals surface area contributed by atoms with Crippen LogP contribution in [0, 0.1) is 46.3 Å². The standard InChI is InChI=1S/C34H62O12S3/c1-8-9-10-24(2)27-11-12-28-32-29(23-31(34(27,28)4)43-17-20-46-49(7,39)40)33(3)14-13-26(41-15-18-44-47(5,35)36)21-25(33)22-30(32)42-16-19-45-48(6,37)38/h24-32H,8-23H2,1-7H3/t24-,25-,26-,27+,28-,29-,30+,31-,32-,33-,34+/m0/s1. The summed E-state index contributed by atoms with van der Waals surface area (Å²) in [6.07, 6.45) is 12.8. The van der Waals surface area contributed by atoms with Crippen LogP contribution in [-0.4, -0.2) is 102 Å². The van der Waals surface area contributed by atoms with Crippen LogP contribution >= 0.6 is 0 Å². The first-order valence-electron chi connectivity index (χ1n) is 18.2. The number of unbranched alkanes of at least 4 members (excludes halogenated alkanes) is 1. The first-order chi connectivity index (χ1) is 22.8. The molecular weight excluding hydrogens is 697 g/mol. The normalized spacial score (nSPS) is 37.3. The van der Waals surface area contributed by atoms with Gasteiger partial charge in [0.1, 0.15) is 0 Å². The van der Waals surface area contributed by atoms with Crippen molar-refractivity contribution in [3.63, 3.8) is 0 Å². The lowest BCUT2D eigenvalue weighted by Crippen LogP contribution is -2.63. The molecule has 0 aliphatic heterocycles. The molecule has 0 heterocycles. The fourth-order valence-corrected chi connectivity index (χ4v) is 11.6. The Morgan fingerprint density at radius 2 is 1.27 bits per heavy atom. The first kappa shape index (κ1) is 41.4. The molecule has 0 aromatic heterocycles. The number of fused-ring (bicyclic) bond motifs is 5. The second-order valence-corrected chi connectivity index (χ2v) is 20.7. The minimum Gasteiger partial charge on any atom is -0.376 e. The van der Waals surface area contributed by atoms with Gasteiger partial charge in [-0.2, -0.15) is 25.3 Å². The van der Waals surface area contributed by atoms with Gasteiger partial charge in [0, 0.05) is 5.41 Å². The van der Waals surface area contributed by atoms with E-state index >= 15 is 0 Å². The molecule has 0 radical (unpaired) electrons. The molecule has 0 unspecified atom stereocenters. The third kappa shape index (κ3) is 10.6. The highest BCUT2D eigenvalue weighted by Crippen LogP contribution is 2.69. The molecule has 4 fully saturated rings. The summed E-state index contributed by atoms with van der Waals surface area (Å²) in [7, 11) is -10.7. The van der Waals surface area contributed by atoms with Gasteiger partial charge in [0.05, 0.1) is 76.7 Å². The van der Waals surface area contributed by atoms with Gasteiger partial charge in [-0.05, 0) is 85.9 Å². The molecule has 12 nitrogen and oxygen atoms in total. The Morgan fingerprint density at radius 3 is 1.84 bits per heavy atom. The van der Waals surface area contributed by atoms with Gasteiger partial charge in [-0.1, -0.05) is 47.0 Å². The lowest BCUT2D eigenvalue weighted by molar-refractivity contribution is -0.229. The molecule has 0 amide bonds. The Hall–Kier alpha value is -0.390. The second kappa shape index (κ2) is 16.7. The van der Waals surface area contributed by atoms with Crippen LogP contribution in [0.1, 0.15) is 91.9 Å². The van der Waals surface area contributed by atoms with Gasteiger partial charge in [0.2, 0.25) is 0 Å². The molecule has 0 bridgehead atoms. The van der Waals surface area contributed by atoms with Crippen molar-refractivity contribution < 1.29 is 52.0 Å². The number of hydrogen-bond donors (Lipinski definition) is 0. The van der Waals surface area contributed by atoms with Crippen LogP contribution in [0.2, 0.25) is 0 Å². The van der Waals surface area contributed by atoms with Crippen LogP contribution in [0.25, 0.3) is 0 Å². The quantitative estimate of drug-likeness (QED) is 0.131. The molecule has 49 heavy (non-hydrogen) atoms. The molecular formula is C34H62O12S3. The lowest BCUT2D eigenvalue weighted by atomic mass is 9.43. The Labute approximate surface area is 296 Å². The predicted octanol–water partition coefficient (Wildman–Crippen LogP) is 4.78. The summed E-state index contributed by atoms with van der Waals surface area (Å²) >= 11 is 0. The number of rotatable bonds is 19. The van der Waals surface area contributed by atoms with Crippen LogP contribution in [0.15, 0.2) is 0 Å². The molecule has 0 N–H and O–H groups in total.